The summed E-state index contributed by atoms with van der Waals surface area (Å²) in [5.41, 5.74) is 2.28. The van der Waals surface area contributed by atoms with E-state index in [1.807, 2.05) is 26.2 Å². The third-order valence-corrected chi connectivity index (χ3v) is 6.06. The van der Waals surface area contributed by atoms with Crippen molar-refractivity contribution in [3.63, 3.8) is 0 Å². The molecule has 0 amide bonds. The van der Waals surface area contributed by atoms with E-state index in [1.54, 1.807) is 0 Å². The number of aromatic nitrogens is 2. The summed E-state index contributed by atoms with van der Waals surface area (Å²) in [4.78, 5) is 11.6. The van der Waals surface area contributed by atoms with Crippen LogP contribution < -0.4 is 20.3 Å². The Kier molecular flexibility index (Phi) is 7.43. The van der Waals surface area contributed by atoms with Gasteiger partial charge in [0.15, 0.2) is 0 Å². The lowest BCUT2D eigenvalue weighted by Crippen LogP contribution is -2.37. The molecule has 4 rings (SSSR count). The van der Waals surface area contributed by atoms with Gasteiger partial charge in [-0.25, -0.2) is 4.98 Å². The molecule has 1 aromatic heterocycles. The number of hydrogen-bond donors (Lipinski definition) is 2. The second-order valence-corrected chi connectivity index (χ2v) is 8.85. The average Bonchev–Trinajstić information content (AvgIpc) is 2.82. The summed E-state index contributed by atoms with van der Waals surface area (Å²) >= 11 is 0. The molecule has 0 aliphatic heterocycles. The van der Waals surface area contributed by atoms with Gasteiger partial charge >= 0.3 is 0 Å². The van der Waals surface area contributed by atoms with Crippen molar-refractivity contribution in [3.8, 4) is 5.75 Å². The van der Waals surface area contributed by atoms with Gasteiger partial charge in [-0.15, -0.1) is 0 Å². The van der Waals surface area contributed by atoms with E-state index in [-0.39, 0.29) is 0 Å². The van der Waals surface area contributed by atoms with Gasteiger partial charge in [0.2, 0.25) is 5.95 Å². The van der Waals surface area contributed by atoms with E-state index in [2.05, 4.69) is 58.9 Å². The molecule has 0 unspecified atom stereocenters. The van der Waals surface area contributed by atoms with Crippen LogP contribution in [-0.4, -0.2) is 42.8 Å². The Morgan fingerprint density at radius 2 is 1.66 bits per heavy atom. The Morgan fingerprint density at radius 1 is 0.938 bits per heavy atom. The van der Waals surface area contributed by atoms with Crippen molar-refractivity contribution in [1.29, 1.82) is 0 Å². The van der Waals surface area contributed by atoms with Gasteiger partial charge in [0.25, 0.3) is 0 Å². The van der Waals surface area contributed by atoms with E-state index in [9.17, 15) is 0 Å². The number of fused-ring (bicyclic) bond motifs is 1. The summed E-state index contributed by atoms with van der Waals surface area (Å²) in [5, 5.41) is 8.41. The predicted octanol–water partition coefficient (Wildman–Crippen LogP) is 5.00. The van der Waals surface area contributed by atoms with E-state index in [0.717, 1.165) is 73.7 Å². The molecule has 1 aliphatic rings. The van der Waals surface area contributed by atoms with E-state index < -0.39 is 0 Å². The minimum Gasteiger partial charge on any atom is -0.494 e. The van der Waals surface area contributed by atoms with Crippen LogP contribution >= 0.6 is 0 Å². The molecular weight excluding hydrogens is 398 g/mol. The maximum absolute atomic E-state index is 5.67. The lowest BCUT2D eigenvalue weighted by molar-refractivity contribution is 0.317. The summed E-state index contributed by atoms with van der Waals surface area (Å²) in [5.74, 6) is 2.64. The summed E-state index contributed by atoms with van der Waals surface area (Å²) in [6.45, 7) is 3.80. The van der Waals surface area contributed by atoms with Gasteiger partial charge < -0.3 is 20.3 Å². The van der Waals surface area contributed by atoms with Crippen LogP contribution in [0.5, 0.6) is 5.75 Å². The van der Waals surface area contributed by atoms with Crippen LogP contribution in [0.2, 0.25) is 0 Å². The topological polar surface area (TPSA) is 62.3 Å². The van der Waals surface area contributed by atoms with Gasteiger partial charge in [-0.3, -0.25) is 0 Å². The molecular formula is C26H35N5O. The standard InChI is InChI=1S/C26H35N5O/c1-4-17-32-22-15-9-19(10-16-22)18-27-20-11-13-21(14-12-20)28-26-29-24-8-6-5-7-23(24)25(30-26)31(2)3/h5-10,15-16,20-21,27H,4,11-14,17-18H2,1-3H3,(H,28,29,30). The second-order valence-electron chi connectivity index (χ2n) is 8.85. The molecule has 0 radical (unpaired) electrons. The van der Waals surface area contributed by atoms with Crippen LogP contribution in [0, 0.1) is 0 Å². The van der Waals surface area contributed by atoms with E-state index >= 15 is 0 Å². The largest absolute Gasteiger partial charge is 0.494 e. The third-order valence-electron chi connectivity index (χ3n) is 6.06. The molecule has 3 aromatic rings. The van der Waals surface area contributed by atoms with Gasteiger partial charge in [0.1, 0.15) is 11.6 Å². The molecule has 0 bridgehead atoms. The van der Waals surface area contributed by atoms with Crippen molar-refractivity contribution in [2.75, 3.05) is 30.9 Å². The Hall–Kier alpha value is -2.86. The van der Waals surface area contributed by atoms with Gasteiger partial charge in [0, 0.05) is 38.1 Å². The van der Waals surface area contributed by atoms with E-state index in [0.29, 0.717) is 12.1 Å². The maximum atomic E-state index is 5.67. The van der Waals surface area contributed by atoms with Gasteiger partial charge in [-0.2, -0.15) is 4.98 Å². The quantitative estimate of drug-likeness (QED) is 0.495. The van der Waals surface area contributed by atoms with Crippen molar-refractivity contribution >= 4 is 22.7 Å². The third kappa shape index (κ3) is 5.68. The number of rotatable bonds is 9. The fraction of sp³-hybridized carbons (Fsp3) is 0.462. The Balaban J connectivity index is 1.28. The summed E-state index contributed by atoms with van der Waals surface area (Å²) in [6, 6.07) is 17.6. The molecule has 32 heavy (non-hydrogen) atoms. The first kappa shape index (κ1) is 22.3. The molecule has 1 aliphatic carbocycles. The summed E-state index contributed by atoms with van der Waals surface area (Å²) in [6.07, 6.45) is 5.58. The van der Waals surface area contributed by atoms with Crippen LogP contribution in [0.15, 0.2) is 48.5 Å². The second kappa shape index (κ2) is 10.6. The molecule has 6 heteroatoms. The van der Waals surface area contributed by atoms with Crippen molar-refractivity contribution < 1.29 is 4.74 Å². The highest BCUT2D eigenvalue weighted by Crippen LogP contribution is 2.26. The monoisotopic (exact) mass is 433 g/mol. The maximum Gasteiger partial charge on any atom is 0.225 e. The van der Waals surface area contributed by atoms with Crippen LogP contribution in [0.1, 0.15) is 44.6 Å². The molecule has 0 atom stereocenters. The molecule has 0 saturated heterocycles. The SMILES string of the molecule is CCCOc1ccc(CNC2CCC(Nc3nc(N(C)C)c4ccccc4n3)CC2)cc1. The molecule has 2 N–H and O–H groups in total. The van der Waals surface area contributed by atoms with E-state index in [4.69, 9.17) is 14.7 Å². The minimum atomic E-state index is 0.416. The van der Waals surface area contributed by atoms with Crippen LogP contribution in [0.3, 0.4) is 0 Å². The summed E-state index contributed by atoms with van der Waals surface area (Å²) < 4.78 is 5.67. The highest BCUT2D eigenvalue weighted by atomic mass is 16.5. The Bertz CT molecular complexity index is 997. The molecule has 1 fully saturated rings. The first-order chi connectivity index (χ1) is 15.6. The van der Waals surface area contributed by atoms with Gasteiger partial charge in [0.05, 0.1) is 12.1 Å². The molecule has 2 aromatic carbocycles. The molecule has 0 spiro atoms. The highest BCUT2D eigenvalue weighted by Gasteiger charge is 2.22. The molecule has 1 heterocycles. The number of benzene rings is 2. The normalized spacial score (nSPS) is 18.5. The van der Waals surface area contributed by atoms with Crippen LogP contribution in [0.25, 0.3) is 10.9 Å². The Labute approximate surface area is 191 Å². The highest BCUT2D eigenvalue weighted by molar-refractivity contribution is 5.90. The summed E-state index contributed by atoms with van der Waals surface area (Å²) in [7, 11) is 4.06. The average molecular weight is 434 g/mol. The zero-order valence-corrected chi connectivity index (χ0v) is 19.5. The fourth-order valence-corrected chi connectivity index (χ4v) is 4.28. The molecule has 6 nitrogen and oxygen atoms in total. The first-order valence-corrected chi connectivity index (χ1v) is 11.8. The zero-order valence-electron chi connectivity index (χ0n) is 19.5. The smallest absolute Gasteiger partial charge is 0.225 e. The minimum absolute atomic E-state index is 0.416. The van der Waals surface area contributed by atoms with Gasteiger partial charge in [-0.05, 0) is 61.9 Å². The van der Waals surface area contributed by atoms with Crippen LogP contribution in [-0.2, 0) is 6.54 Å². The number of hydrogen-bond acceptors (Lipinski definition) is 6. The number of ether oxygens (including phenoxy) is 1. The fourth-order valence-electron chi connectivity index (χ4n) is 4.28. The lowest BCUT2D eigenvalue weighted by Gasteiger charge is -2.30. The van der Waals surface area contributed by atoms with Crippen LogP contribution in [0.4, 0.5) is 11.8 Å². The number of anilines is 2. The number of nitrogens with zero attached hydrogens (tertiary/aromatic N) is 3. The van der Waals surface area contributed by atoms with Crippen molar-refractivity contribution in [2.24, 2.45) is 0 Å². The number of para-hydroxylation sites is 1. The van der Waals surface area contributed by atoms with E-state index in [1.165, 1.54) is 5.56 Å². The molecule has 170 valence electrons. The van der Waals surface area contributed by atoms with Crippen molar-refractivity contribution in [3.05, 3.63) is 54.1 Å². The number of nitrogens with one attached hydrogen (secondary N) is 2. The van der Waals surface area contributed by atoms with Gasteiger partial charge in [-0.1, -0.05) is 31.2 Å². The predicted molar refractivity (Wildman–Crippen MR) is 133 cm³/mol. The molecule has 1 saturated carbocycles. The first-order valence-electron chi connectivity index (χ1n) is 11.8. The lowest BCUT2D eigenvalue weighted by atomic mass is 9.91. The Morgan fingerprint density at radius 3 is 2.38 bits per heavy atom. The van der Waals surface area contributed by atoms with Crippen molar-refractivity contribution in [1.82, 2.24) is 15.3 Å². The van der Waals surface area contributed by atoms with Crippen molar-refractivity contribution in [2.45, 2.75) is 57.7 Å². The zero-order chi connectivity index (χ0) is 22.3.